The highest BCUT2D eigenvalue weighted by Gasteiger charge is 2.59. The first kappa shape index (κ1) is 17.5. The highest BCUT2D eigenvalue weighted by Crippen LogP contribution is 2.44. The summed E-state index contributed by atoms with van der Waals surface area (Å²) in [4.78, 5) is 29.1. The maximum atomic E-state index is 12.8. The summed E-state index contributed by atoms with van der Waals surface area (Å²) in [6.45, 7) is 5.62. The first-order valence-electron chi connectivity index (χ1n) is 9.41. The van der Waals surface area contributed by atoms with E-state index in [1.807, 2.05) is 31.2 Å². The topological polar surface area (TPSA) is 70.1 Å². The van der Waals surface area contributed by atoms with E-state index >= 15 is 0 Å². The molecule has 3 heterocycles. The summed E-state index contributed by atoms with van der Waals surface area (Å²) >= 11 is 0. The SMILES string of the molecule is Cc1ccc(C(=O)N2C[C@@H]3CN(C4CCOCC4)C[C@]3(C(=O)O)C2)cc1. The molecule has 0 saturated carbocycles. The number of carboxylic acids is 1. The van der Waals surface area contributed by atoms with Crippen LogP contribution in [0.1, 0.15) is 28.8 Å². The number of hydrogen-bond acceptors (Lipinski definition) is 4. The number of carbonyl (C=O) groups excluding carboxylic acids is 1. The van der Waals surface area contributed by atoms with Crippen molar-refractivity contribution >= 4 is 11.9 Å². The Kier molecular flexibility index (Phi) is 4.49. The molecule has 3 saturated heterocycles. The molecule has 6 heteroatoms. The minimum absolute atomic E-state index is 0.00255. The van der Waals surface area contributed by atoms with Crippen LogP contribution in [-0.4, -0.2) is 72.2 Å². The monoisotopic (exact) mass is 358 g/mol. The molecule has 0 unspecified atom stereocenters. The van der Waals surface area contributed by atoms with E-state index in [4.69, 9.17) is 4.74 Å². The summed E-state index contributed by atoms with van der Waals surface area (Å²) in [6.07, 6.45) is 1.93. The zero-order valence-corrected chi connectivity index (χ0v) is 15.2. The lowest BCUT2D eigenvalue weighted by Gasteiger charge is -2.33. The van der Waals surface area contributed by atoms with Crippen LogP contribution in [-0.2, 0) is 9.53 Å². The van der Waals surface area contributed by atoms with Gasteiger partial charge in [-0.3, -0.25) is 14.5 Å². The van der Waals surface area contributed by atoms with Crippen molar-refractivity contribution in [3.8, 4) is 0 Å². The van der Waals surface area contributed by atoms with Gasteiger partial charge in [-0.05, 0) is 31.9 Å². The number of hydrogen-bond donors (Lipinski definition) is 1. The molecule has 0 spiro atoms. The molecule has 6 nitrogen and oxygen atoms in total. The Hall–Kier alpha value is -1.92. The molecular formula is C20H26N2O4. The molecule has 3 fully saturated rings. The fourth-order valence-electron chi connectivity index (χ4n) is 4.77. The van der Waals surface area contributed by atoms with Crippen LogP contribution in [0.25, 0.3) is 0 Å². The van der Waals surface area contributed by atoms with Crippen LogP contribution in [0, 0.1) is 18.3 Å². The van der Waals surface area contributed by atoms with E-state index in [-0.39, 0.29) is 11.8 Å². The number of aryl methyl sites for hydroxylation is 1. The van der Waals surface area contributed by atoms with Crippen molar-refractivity contribution < 1.29 is 19.4 Å². The number of nitrogens with zero attached hydrogens (tertiary/aromatic N) is 2. The number of fused-ring (bicyclic) bond motifs is 1. The zero-order chi connectivity index (χ0) is 18.3. The van der Waals surface area contributed by atoms with E-state index in [0.717, 1.165) is 38.2 Å². The minimum Gasteiger partial charge on any atom is -0.481 e. The number of carboxylic acid groups (broad SMARTS) is 1. The fraction of sp³-hybridized carbons (Fsp3) is 0.600. The molecule has 1 aromatic carbocycles. The van der Waals surface area contributed by atoms with Crippen molar-refractivity contribution in [2.75, 3.05) is 39.4 Å². The highest BCUT2D eigenvalue weighted by molar-refractivity contribution is 5.95. The van der Waals surface area contributed by atoms with Gasteiger partial charge in [-0.2, -0.15) is 0 Å². The van der Waals surface area contributed by atoms with Crippen LogP contribution in [0.3, 0.4) is 0 Å². The molecule has 1 amide bonds. The van der Waals surface area contributed by atoms with Gasteiger partial charge < -0.3 is 14.7 Å². The van der Waals surface area contributed by atoms with Gasteiger partial charge in [0.15, 0.2) is 0 Å². The molecule has 0 radical (unpaired) electrons. The van der Waals surface area contributed by atoms with Crippen molar-refractivity contribution in [2.45, 2.75) is 25.8 Å². The lowest BCUT2D eigenvalue weighted by Crippen LogP contribution is -2.45. The molecule has 2 atom stereocenters. The number of benzene rings is 1. The van der Waals surface area contributed by atoms with E-state index in [9.17, 15) is 14.7 Å². The molecule has 1 aromatic rings. The molecule has 26 heavy (non-hydrogen) atoms. The average Bonchev–Trinajstić information content (AvgIpc) is 3.18. The quantitative estimate of drug-likeness (QED) is 0.889. The smallest absolute Gasteiger partial charge is 0.313 e. The van der Waals surface area contributed by atoms with E-state index < -0.39 is 11.4 Å². The normalized spacial score (nSPS) is 29.7. The number of carbonyl (C=O) groups is 2. The first-order valence-corrected chi connectivity index (χ1v) is 9.41. The van der Waals surface area contributed by atoms with Gasteiger partial charge in [-0.25, -0.2) is 0 Å². The first-order chi connectivity index (χ1) is 12.5. The third-order valence-corrected chi connectivity index (χ3v) is 6.35. The van der Waals surface area contributed by atoms with Crippen molar-refractivity contribution in [1.82, 2.24) is 9.80 Å². The zero-order valence-electron chi connectivity index (χ0n) is 15.2. The summed E-state index contributed by atoms with van der Waals surface area (Å²) in [6, 6.07) is 7.90. The van der Waals surface area contributed by atoms with Crippen LogP contribution in [0.5, 0.6) is 0 Å². The van der Waals surface area contributed by atoms with Crippen molar-refractivity contribution in [2.24, 2.45) is 11.3 Å². The molecule has 0 bridgehead atoms. The van der Waals surface area contributed by atoms with Crippen molar-refractivity contribution in [1.29, 1.82) is 0 Å². The van der Waals surface area contributed by atoms with Gasteiger partial charge >= 0.3 is 5.97 Å². The Morgan fingerprint density at radius 1 is 1.12 bits per heavy atom. The predicted octanol–water partition coefficient (Wildman–Crippen LogP) is 1.63. The van der Waals surface area contributed by atoms with Gasteiger partial charge in [-0.1, -0.05) is 17.7 Å². The summed E-state index contributed by atoms with van der Waals surface area (Å²) < 4.78 is 5.44. The van der Waals surface area contributed by atoms with Gasteiger partial charge in [0.25, 0.3) is 5.91 Å². The standard InChI is InChI=1S/C20H26N2O4/c1-14-2-4-15(5-3-14)18(23)22-11-16-10-21(17-6-8-26-9-7-17)12-20(16,13-22)19(24)25/h2-5,16-17H,6-13H2,1H3,(H,24,25)/t16-,20-/m0/s1. The molecule has 0 aliphatic carbocycles. The number of aliphatic carboxylic acids is 1. The Morgan fingerprint density at radius 3 is 2.42 bits per heavy atom. The highest BCUT2D eigenvalue weighted by atomic mass is 16.5. The van der Waals surface area contributed by atoms with E-state index in [2.05, 4.69) is 4.90 Å². The second kappa shape index (κ2) is 6.67. The second-order valence-corrected chi connectivity index (χ2v) is 7.98. The van der Waals surface area contributed by atoms with E-state index in [1.165, 1.54) is 0 Å². The molecule has 1 N–H and O–H groups in total. The number of amides is 1. The minimum atomic E-state index is -0.835. The molecular weight excluding hydrogens is 332 g/mol. The third kappa shape index (κ3) is 2.91. The van der Waals surface area contributed by atoms with Crippen LogP contribution >= 0.6 is 0 Å². The molecule has 4 rings (SSSR count). The molecule has 3 aliphatic heterocycles. The van der Waals surface area contributed by atoms with Gasteiger partial charge in [-0.15, -0.1) is 0 Å². The summed E-state index contributed by atoms with van der Waals surface area (Å²) in [7, 11) is 0. The Balaban J connectivity index is 1.50. The third-order valence-electron chi connectivity index (χ3n) is 6.35. The largest absolute Gasteiger partial charge is 0.481 e. The second-order valence-electron chi connectivity index (χ2n) is 7.98. The Morgan fingerprint density at radius 2 is 1.81 bits per heavy atom. The lowest BCUT2D eigenvalue weighted by atomic mass is 9.81. The predicted molar refractivity (Wildman–Crippen MR) is 96.1 cm³/mol. The summed E-state index contributed by atoms with van der Waals surface area (Å²) in [5.41, 5.74) is 0.907. The van der Waals surface area contributed by atoms with Crippen molar-refractivity contribution in [3.05, 3.63) is 35.4 Å². The fourth-order valence-corrected chi connectivity index (χ4v) is 4.77. The molecule has 0 aromatic heterocycles. The van der Waals surface area contributed by atoms with Crippen molar-refractivity contribution in [3.63, 3.8) is 0 Å². The van der Waals surface area contributed by atoms with E-state index in [0.29, 0.717) is 31.2 Å². The van der Waals surface area contributed by atoms with Crippen LogP contribution in [0.15, 0.2) is 24.3 Å². The van der Waals surface area contributed by atoms with Crippen LogP contribution in [0.2, 0.25) is 0 Å². The van der Waals surface area contributed by atoms with Gasteiger partial charge in [0.05, 0.1) is 0 Å². The van der Waals surface area contributed by atoms with Crippen LogP contribution in [0.4, 0.5) is 0 Å². The number of likely N-dealkylation sites (tertiary alicyclic amines) is 2. The number of ether oxygens (including phenoxy) is 1. The van der Waals surface area contributed by atoms with Crippen LogP contribution < -0.4 is 0 Å². The summed E-state index contributed by atoms with van der Waals surface area (Å²) in [5, 5.41) is 10.0. The molecule has 3 aliphatic rings. The summed E-state index contributed by atoms with van der Waals surface area (Å²) in [5.74, 6) is -0.828. The average molecular weight is 358 g/mol. The van der Waals surface area contributed by atoms with Gasteiger partial charge in [0.2, 0.25) is 0 Å². The van der Waals surface area contributed by atoms with Gasteiger partial charge in [0.1, 0.15) is 5.41 Å². The van der Waals surface area contributed by atoms with E-state index in [1.54, 1.807) is 4.90 Å². The van der Waals surface area contributed by atoms with Gasteiger partial charge in [0, 0.05) is 56.9 Å². The maximum absolute atomic E-state index is 12.8. The molecule has 140 valence electrons. The number of rotatable bonds is 3. The maximum Gasteiger partial charge on any atom is 0.313 e. The Labute approximate surface area is 153 Å². The lowest BCUT2D eigenvalue weighted by molar-refractivity contribution is -0.148. The Bertz CT molecular complexity index is 698.